The molecule has 2 rings (SSSR count). The Kier molecular flexibility index (Phi) is 7.95. The van der Waals surface area contributed by atoms with E-state index in [1.807, 2.05) is 13.0 Å². The molecule has 2 aromatic carbocycles. The van der Waals surface area contributed by atoms with Gasteiger partial charge in [-0.25, -0.2) is 0 Å². The monoisotopic (exact) mass is 390 g/mol. The number of nitrogens with zero attached hydrogens (tertiary/aromatic N) is 1. The highest BCUT2D eigenvalue weighted by Gasteiger charge is 2.18. The van der Waals surface area contributed by atoms with Crippen molar-refractivity contribution < 1.29 is 19.1 Å². The minimum absolute atomic E-state index is 0.0728. The molecule has 0 aliphatic heterocycles. The third-order valence-electron chi connectivity index (χ3n) is 3.75. The van der Waals surface area contributed by atoms with Crippen molar-refractivity contribution in [1.29, 1.82) is 0 Å². The van der Waals surface area contributed by atoms with Crippen LogP contribution < -0.4 is 14.8 Å². The van der Waals surface area contributed by atoms with Gasteiger partial charge in [0.15, 0.2) is 6.61 Å². The van der Waals surface area contributed by atoms with Gasteiger partial charge in [0, 0.05) is 6.54 Å². The van der Waals surface area contributed by atoms with Gasteiger partial charge in [-0.05, 0) is 30.7 Å². The van der Waals surface area contributed by atoms with Crippen molar-refractivity contribution in [2.75, 3.05) is 32.1 Å². The van der Waals surface area contributed by atoms with Crippen LogP contribution in [0.4, 0.5) is 5.69 Å². The lowest BCUT2D eigenvalue weighted by Crippen LogP contribution is -2.41. The number of amides is 2. The smallest absolute Gasteiger partial charge is 0.260 e. The predicted octanol–water partition coefficient (Wildman–Crippen LogP) is 3.60. The molecule has 27 heavy (non-hydrogen) atoms. The summed E-state index contributed by atoms with van der Waals surface area (Å²) in [6, 6.07) is 14.0. The lowest BCUT2D eigenvalue weighted by atomic mass is 10.3. The third kappa shape index (κ3) is 6.18. The number of para-hydroxylation sites is 3. The average Bonchev–Trinajstić information content (AvgIpc) is 2.67. The van der Waals surface area contributed by atoms with Crippen LogP contribution in [-0.2, 0) is 9.59 Å². The van der Waals surface area contributed by atoms with E-state index in [9.17, 15) is 9.59 Å². The molecule has 0 saturated heterocycles. The predicted molar refractivity (Wildman–Crippen MR) is 105 cm³/mol. The first-order valence-corrected chi connectivity index (χ1v) is 9.01. The van der Waals surface area contributed by atoms with E-state index in [0.717, 1.165) is 6.42 Å². The largest absolute Gasteiger partial charge is 0.495 e. The summed E-state index contributed by atoms with van der Waals surface area (Å²) in [4.78, 5) is 26.3. The van der Waals surface area contributed by atoms with Crippen molar-refractivity contribution in [3.8, 4) is 11.5 Å². The molecule has 0 heterocycles. The van der Waals surface area contributed by atoms with Crippen LogP contribution in [0.2, 0.25) is 5.02 Å². The number of ether oxygens (including phenoxy) is 2. The fourth-order valence-corrected chi connectivity index (χ4v) is 2.66. The van der Waals surface area contributed by atoms with Gasteiger partial charge in [0.25, 0.3) is 5.91 Å². The molecule has 2 aromatic rings. The Labute approximate surface area is 164 Å². The van der Waals surface area contributed by atoms with Gasteiger partial charge in [0.2, 0.25) is 5.91 Å². The van der Waals surface area contributed by atoms with E-state index in [1.165, 1.54) is 12.0 Å². The van der Waals surface area contributed by atoms with Crippen molar-refractivity contribution in [3.05, 3.63) is 53.6 Å². The molecule has 0 atom stereocenters. The summed E-state index contributed by atoms with van der Waals surface area (Å²) >= 11 is 6.03. The SMILES string of the molecule is CCCN(CC(=O)Nc1ccccc1OC)C(=O)COc1ccccc1Cl. The number of benzene rings is 2. The minimum Gasteiger partial charge on any atom is -0.495 e. The van der Waals surface area contributed by atoms with E-state index < -0.39 is 0 Å². The standard InChI is InChI=1S/C20H23ClN2O4/c1-3-12-23(20(25)14-27-17-10-6-4-8-15(17)21)13-19(24)22-16-9-5-7-11-18(16)26-2/h4-11H,3,12-14H2,1-2H3,(H,22,24). The molecule has 2 amide bonds. The molecule has 1 N–H and O–H groups in total. The number of hydrogen-bond acceptors (Lipinski definition) is 4. The Morgan fingerprint density at radius 1 is 1.07 bits per heavy atom. The van der Waals surface area contributed by atoms with Crippen molar-refractivity contribution in [1.82, 2.24) is 4.90 Å². The molecule has 0 spiro atoms. The van der Waals surface area contributed by atoms with Crippen LogP contribution in [0.1, 0.15) is 13.3 Å². The Bertz CT molecular complexity index is 782. The summed E-state index contributed by atoms with van der Waals surface area (Å²) in [7, 11) is 1.53. The van der Waals surface area contributed by atoms with Crippen LogP contribution in [0.5, 0.6) is 11.5 Å². The first-order chi connectivity index (χ1) is 13.0. The summed E-state index contributed by atoms with van der Waals surface area (Å²) in [5.41, 5.74) is 0.557. The second-order valence-electron chi connectivity index (χ2n) is 5.78. The zero-order valence-electron chi connectivity index (χ0n) is 15.4. The normalized spacial score (nSPS) is 10.2. The Morgan fingerprint density at radius 2 is 1.74 bits per heavy atom. The fraction of sp³-hybridized carbons (Fsp3) is 0.300. The van der Waals surface area contributed by atoms with Gasteiger partial charge in [-0.15, -0.1) is 0 Å². The van der Waals surface area contributed by atoms with Gasteiger partial charge < -0.3 is 19.7 Å². The molecule has 0 fully saturated rings. The van der Waals surface area contributed by atoms with Gasteiger partial charge in [-0.2, -0.15) is 0 Å². The number of hydrogen-bond donors (Lipinski definition) is 1. The van der Waals surface area contributed by atoms with E-state index in [1.54, 1.807) is 42.5 Å². The van der Waals surface area contributed by atoms with E-state index in [-0.39, 0.29) is 25.0 Å². The second kappa shape index (κ2) is 10.4. The van der Waals surface area contributed by atoms with Gasteiger partial charge >= 0.3 is 0 Å². The van der Waals surface area contributed by atoms with E-state index >= 15 is 0 Å². The van der Waals surface area contributed by atoms with E-state index in [2.05, 4.69) is 5.32 Å². The summed E-state index contributed by atoms with van der Waals surface area (Å²) in [6.45, 7) is 2.12. The highest BCUT2D eigenvalue weighted by atomic mass is 35.5. The minimum atomic E-state index is -0.306. The molecule has 0 aromatic heterocycles. The van der Waals surface area contributed by atoms with Crippen LogP contribution in [0.15, 0.2) is 48.5 Å². The molecule has 0 radical (unpaired) electrons. The van der Waals surface area contributed by atoms with Gasteiger partial charge in [-0.1, -0.05) is 42.8 Å². The van der Waals surface area contributed by atoms with Crippen molar-refractivity contribution >= 4 is 29.1 Å². The van der Waals surface area contributed by atoms with Crippen LogP contribution in [0.25, 0.3) is 0 Å². The van der Waals surface area contributed by atoms with Gasteiger partial charge in [0.1, 0.15) is 11.5 Å². The van der Waals surface area contributed by atoms with Gasteiger partial charge in [0.05, 0.1) is 24.4 Å². The Morgan fingerprint density at radius 3 is 2.41 bits per heavy atom. The van der Waals surface area contributed by atoms with E-state index in [0.29, 0.717) is 28.8 Å². The lowest BCUT2D eigenvalue weighted by molar-refractivity contribution is -0.136. The van der Waals surface area contributed by atoms with Gasteiger partial charge in [-0.3, -0.25) is 9.59 Å². The number of carbonyl (C=O) groups excluding carboxylic acids is 2. The maximum atomic E-state index is 12.5. The Hall–Kier alpha value is -2.73. The number of nitrogens with one attached hydrogen (secondary N) is 1. The number of halogens is 1. The number of anilines is 1. The summed E-state index contributed by atoms with van der Waals surface area (Å²) in [6.07, 6.45) is 0.722. The first-order valence-electron chi connectivity index (χ1n) is 8.63. The molecule has 0 unspecified atom stereocenters. The quantitative estimate of drug-likeness (QED) is 0.710. The van der Waals surface area contributed by atoms with Crippen LogP contribution >= 0.6 is 11.6 Å². The first kappa shape index (κ1) is 20.6. The highest BCUT2D eigenvalue weighted by molar-refractivity contribution is 6.32. The number of methoxy groups -OCH3 is 1. The maximum absolute atomic E-state index is 12.5. The van der Waals surface area contributed by atoms with Crippen molar-refractivity contribution in [2.45, 2.75) is 13.3 Å². The highest BCUT2D eigenvalue weighted by Crippen LogP contribution is 2.24. The van der Waals surface area contributed by atoms with E-state index in [4.69, 9.17) is 21.1 Å². The molecule has 6 nitrogen and oxygen atoms in total. The molecule has 0 saturated carbocycles. The third-order valence-corrected chi connectivity index (χ3v) is 4.06. The zero-order valence-corrected chi connectivity index (χ0v) is 16.2. The van der Waals surface area contributed by atoms with Crippen molar-refractivity contribution in [2.24, 2.45) is 0 Å². The number of carbonyl (C=O) groups is 2. The second-order valence-corrected chi connectivity index (χ2v) is 6.19. The van der Waals surface area contributed by atoms with Crippen LogP contribution in [0, 0.1) is 0 Å². The average molecular weight is 391 g/mol. The fourth-order valence-electron chi connectivity index (χ4n) is 2.47. The maximum Gasteiger partial charge on any atom is 0.260 e. The zero-order chi connectivity index (χ0) is 19.6. The molecule has 0 aliphatic rings. The summed E-state index contributed by atoms with van der Waals surface area (Å²) < 4.78 is 10.7. The molecule has 144 valence electrons. The van der Waals surface area contributed by atoms with Crippen LogP contribution in [0.3, 0.4) is 0 Å². The molecule has 0 bridgehead atoms. The van der Waals surface area contributed by atoms with Crippen LogP contribution in [-0.4, -0.2) is 43.5 Å². The molecular weight excluding hydrogens is 368 g/mol. The van der Waals surface area contributed by atoms with Crippen molar-refractivity contribution in [3.63, 3.8) is 0 Å². The lowest BCUT2D eigenvalue weighted by Gasteiger charge is -2.22. The molecule has 7 heteroatoms. The molecular formula is C20H23ClN2O4. The summed E-state index contributed by atoms with van der Waals surface area (Å²) in [5.74, 6) is 0.398. The molecule has 0 aliphatic carbocycles. The number of rotatable bonds is 9. The Balaban J connectivity index is 1.96. The topological polar surface area (TPSA) is 67.9 Å². The summed E-state index contributed by atoms with van der Waals surface area (Å²) in [5, 5.41) is 3.20.